The van der Waals surface area contributed by atoms with Crippen LogP contribution in [-0.2, 0) is 17.9 Å². The summed E-state index contributed by atoms with van der Waals surface area (Å²) in [4.78, 5) is 14.2. The molecule has 162 valence electrons. The number of nitrogens with two attached hydrogens (primary N) is 1. The Morgan fingerprint density at radius 2 is 1.62 bits per heavy atom. The van der Waals surface area contributed by atoms with Crippen molar-refractivity contribution in [2.24, 2.45) is 5.73 Å². The lowest BCUT2D eigenvalue weighted by Gasteiger charge is -2.22. The predicted octanol–water partition coefficient (Wildman–Crippen LogP) is 3.63. The van der Waals surface area contributed by atoms with Gasteiger partial charge in [0.25, 0.3) is 0 Å². The van der Waals surface area contributed by atoms with Gasteiger partial charge in [0.1, 0.15) is 6.61 Å². The minimum Gasteiger partial charge on any atom is -0.445 e. The molecule has 3 N–H and O–H groups in total. The molecule has 8 heteroatoms. The van der Waals surface area contributed by atoms with Crippen LogP contribution in [0.5, 0.6) is 0 Å². The molecule has 1 aromatic heterocycles. The number of hydrogen-bond acceptors (Lipinski definition) is 6. The number of tetrazole rings is 1. The zero-order chi connectivity index (χ0) is 22.2. The molecule has 0 aliphatic carbocycles. The van der Waals surface area contributed by atoms with Crippen LogP contribution in [0, 0.1) is 0 Å². The fourth-order valence-corrected chi connectivity index (χ4v) is 3.42. The van der Waals surface area contributed by atoms with Gasteiger partial charge in [0.2, 0.25) is 5.82 Å². The molecule has 0 spiro atoms. The number of nitrogens with one attached hydrogen (secondary N) is 1. The molecule has 0 fully saturated rings. The third-order valence-corrected chi connectivity index (χ3v) is 5.01. The van der Waals surface area contributed by atoms with E-state index in [-0.39, 0.29) is 12.7 Å². The Bertz CT molecular complexity index is 1130. The fourth-order valence-electron chi connectivity index (χ4n) is 3.42. The number of aromatic amines is 1. The molecule has 0 atom stereocenters. The van der Waals surface area contributed by atoms with Gasteiger partial charge in [-0.15, -0.1) is 10.2 Å². The maximum absolute atomic E-state index is 12.6. The van der Waals surface area contributed by atoms with E-state index in [2.05, 4.69) is 20.6 Å². The molecule has 1 amide bonds. The number of hydrogen-bond donors (Lipinski definition) is 2. The molecule has 4 aromatic rings. The maximum Gasteiger partial charge on any atom is 0.410 e. The summed E-state index contributed by atoms with van der Waals surface area (Å²) in [6, 6.07) is 25.5. The minimum absolute atomic E-state index is 0.229. The average molecular weight is 428 g/mol. The van der Waals surface area contributed by atoms with E-state index in [0.29, 0.717) is 25.5 Å². The van der Waals surface area contributed by atoms with Crippen molar-refractivity contribution < 1.29 is 9.53 Å². The van der Waals surface area contributed by atoms with E-state index >= 15 is 0 Å². The number of carbonyl (C=O) groups is 1. The molecule has 4 rings (SSSR count). The standard InChI is InChI=1S/C24H24N6O2/c25-14-15-30(24(31)32-17-19-6-2-1-3-7-19)16-18-10-12-20(13-11-18)21-8-4-5-9-22(21)23-26-28-29-27-23/h1-13H,14-17,25H2,(H,26,27,28,29). The number of aromatic nitrogens is 4. The summed E-state index contributed by atoms with van der Waals surface area (Å²) >= 11 is 0. The van der Waals surface area contributed by atoms with Gasteiger partial charge in [0.15, 0.2) is 0 Å². The van der Waals surface area contributed by atoms with Crippen molar-refractivity contribution in [1.29, 1.82) is 0 Å². The van der Waals surface area contributed by atoms with E-state index in [1.807, 2.05) is 78.9 Å². The molecule has 0 radical (unpaired) electrons. The van der Waals surface area contributed by atoms with Crippen LogP contribution in [-0.4, -0.2) is 44.7 Å². The zero-order valence-electron chi connectivity index (χ0n) is 17.5. The SMILES string of the molecule is NCCN(Cc1ccc(-c2ccccc2-c2nn[nH]n2)cc1)C(=O)OCc1ccccc1. The Hall–Kier alpha value is -4.04. The average Bonchev–Trinajstić information content (AvgIpc) is 3.38. The minimum atomic E-state index is -0.383. The molecule has 3 aromatic carbocycles. The lowest BCUT2D eigenvalue weighted by Crippen LogP contribution is -2.35. The first kappa shape index (κ1) is 21.2. The first-order valence-corrected chi connectivity index (χ1v) is 10.3. The number of rotatable bonds is 8. The molecule has 8 nitrogen and oxygen atoms in total. The van der Waals surface area contributed by atoms with E-state index in [1.165, 1.54) is 0 Å². The number of nitrogens with zero attached hydrogens (tertiary/aromatic N) is 4. The third-order valence-electron chi connectivity index (χ3n) is 5.01. The summed E-state index contributed by atoms with van der Waals surface area (Å²) in [6.07, 6.45) is -0.383. The second-order valence-corrected chi connectivity index (χ2v) is 7.23. The van der Waals surface area contributed by atoms with E-state index < -0.39 is 0 Å². The number of H-pyrrole nitrogens is 1. The molecule has 0 aliphatic heterocycles. The second kappa shape index (κ2) is 10.3. The highest BCUT2D eigenvalue weighted by Gasteiger charge is 2.16. The van der Waals surface area contributed by atoms with Gasteiger partial charge in [0.05, 0.1) is 0 Å². The zero-order valence-corrected chi connectivity index (χ0v) is 17.5. The maximum atomic E-state index is 12.6. The Morgan fingerprint density at radius 1 is 0.906 bits per heavy atom. The number of carbonyl (C=O) groups excluding carboxylic acids is 1. The monoisotopic (exact) mass is 428 g/mol. The summed E-state index contributed by atoms with van der Waals surface area (Å²) in [6.45, 7) is 1.41. The van der Waals surface area contributed by atoms with E-state index in [9.17, 15) is 4.79 Å². The number of amides is 1. The van der Waals surface area contributed by atoms with Crippen molar-refractivity contribution in [1.82, 2.24) is 25.5 Å². The van der Waals surface area contributed by atoms with Crippen LogP contribution in [0.1, 0.15) is 11.1 Å². The largest absolute Gasteiger partial charge is 0.445 e. The Morgan fingerprint density at radius 3 is 2.31 bits per heavy atom. The van der Waals surface area contributed by atoms with Gasteiger partial charge in [-0.3, -0.25) is 0 Å². The van der Waals surface area contributed by atoms with Crippen LogP contribution >= 0.6 is 0 Å². The molecule has 0 aliphatic rings. The Balaban J connectivity index is 1.46. The predicted molar refractivity (Wildman–Crippen MR) is 121 cm³/mol. The van der Waals surface area contributed by atoms with Gasteiger partial charge in [-0.25, -0.2) is 4.79 Å². The molecule has 0 bridgehead atoms. The van der Waals surface area contributed by atoms with Gasteiger partial charge in [-0.1, -0.05) is 78.9 Å². The Labute approximate surface area is 186 Å². The lowest BCUT2D eigenvalue weighted by atomic mass is 9.98. The van der Waals surface area contributed by atoms with Gasteiger partial charge in [-0.05, 0) is 27.5 Å². The summed E-state index contributed by atoms with van der Waals surface area (Å²) in [5.41, 5.74) is 10.6. The van der Waals surface area contributed by atoms with Crippen molar-refractivity contribution >= 4 is 6.09 Å². The highest BCUT2D eigenvalue weighted by molar-refractivity contribution is 5.80. The molecule has 0 saturated heterocycles. The van der Waals surface area contributed by atoms with Gasteiger partial charge in [-0.2, -0.15) is 5.21 Å². The van der Waals surface area contributed by atoms with Crippen LogP contribution in [0.2, 0.25) is 0 Å². The van der Waals surface area contributed by atoms with Crippen LogP contribution in [0.25, 0.3) is 22.5 Å². The van der Waals surface area contributed by atoms with Gasteiger partial charge < -0.3 is 15.4 Å². The van der Waals surface area contributed by atoms with Crippen molar-refractivity contribution in [3.63, 3.8) is 0 Å². The molecule has 1 heterocycles. The molecular formula is C24H24N6O2. The topological polar surface area (TPSA) is 110 Å². The Kier molecular flexibility index (Phi) is 6.84. The molecular weight excluding hydrogens is 404 g/mol. The van der Waals surface area contributed by atoms with E-state index in [1.54, 1.807) is 4.90 Å². The lowest BCUT2D eigenvalue weighted by molar-refractivity contribution is 0.0947. The van der Waals surface area contributed by atoms with E-state index in [0.717, 1.165) is 27.8 Å². The van der Waals surface area contributed by atoms with Crippen LogP contribution in [0.4, 0.5) is 4.79 Å². The smallest absolute Gasteiger partial charge is 0.410 e. The van der Waals surface area contributed by atoms with Crippen molar-refractivity contribution in [2.75, 3.05) is 13.1 Å². The third kappa shape index (κ3) is 5.16. The summed E-state index contributed by atoms with van der Waals surface area (Å²) < 4.78 is 5.47. The van der Waals surface area contributed by atoms with E-state index in [4.69, 9.17) is 10.5 Å². The highest BCUT2D eigenvalue weighted by Crippen LogP contribution is 2.29. The van der Waals surface area contributed by atoms with Gasteiger partial charge in [0, 0.05) is 25.2 Å². The summed E-state index contributed by atoms with van der Waals surface area (Å²) in [5.74, 6) is 0.542. The number of ether oxygens (including phenoxy) is 1. The van der Waals surface area contributed by atoms with Crippen molar-refractivity contribution in [3.8, 4) is 22.5 Å². The van der Waals surface area contributed by atoms with Gasteiger partial charge >= 0.3 is 6.09 Å². The normalized spacial score (nSPS) is 10.7. The summed E-state index contributed by atoms with van der Waals surface area (Å²) in [5, 5.41) is 14.3. The molecule has 0 saturated carbocycles. The number of benzene rings is 3. The van der Waals surface area contributed by atoms with Crippen LogP contribution < -0.4 is 5.73 Å². The van der Waals surface area contributed by atoms with Crippen LogP contribution in [0.15, 0.2) is 78.9 Å². The first-order valence-electron chi connectivity index (χ1n) is 10.3. The first-order chi connectivity index (χ1) is 15.7. The molecule has 0 unspecified atom stereocenters. The second-order valence-electron chi connectivity index (χ2n) is 7.23. The van der Waals surface area contributed by atoms with Crippen molar-refractivity contribution in [2.45, 2.75) is 13.2 Å². The molecule has 32 heavy (non-hydrogen) atoms. The highest BCUT2D eigenvalue weighted by atomic mass is 16.6. The fraction of sp³-hybridized carbons (Fsp3) is 0.167. The quantitative estimate of drug-likeness (QED) is 0.443. The van der Waals surface area contributed by atoms with Crippen LogP contribution in [0.3, 0.4) is 0 Å². The summed E-state index contributed by atoms with van der Waals surface area (Å²) in [7, 11) is 0. The van der Waals surface area contributed by atoms with Crippen molar-refractivity contribution in [3.05, 3.63) is 90.0 Å².